The Hall–Kier alpha value is -2.54. The van der Waals surface area contributed by atoms with Crippen molar-refractivity contribution < 1.29 is 1.37 Å². The number of rotatable bonds is 3. The Morgan fingerprint density at radius 3 is 2.06 bits per heavy atom. The van der Waals surface area contributed by atoms with Gasteiger partial charge in [0, 0.05) is 23.7 Å². The standard InChI is InChI=1S/C33H41N/c1-31(2,3)34(24-13-9-8-10-14-24)30-22-27-25-15-11-12-16-28(25)33(6,7)29(27)21-26(30)23-17-19-32(4,5)20-18-23/h8-16,21-23H,17-20H2,1-7H3/i23D. The summed E-state index contributed by atoms with van der Waals surface area (Å²) in [6, 6.07) is 24.5. The van der Waals surface area contributed by atoms with Crippen LogP contribution in [0.5, 0.6) is 0 Å². The zero-order valence-electron chi connectivity index (χ0n) is 23.1. The molecule has 178 valence electrons. The van der Waals surface area contributed by atoms with Crippen molar-refractivity contribution in [3.8, 4) is 11.1 Å². The maximum absolute atomic E-state index is 9.87. The Kier molecular flexibility index (Phi) is 5.17. The monoisotopic (exact) mass is 452 g/mol. The van der Waals surface area contributed by atoms with Gasteiger partial charge in [0.15, 0.2) is 0 Å². The Labute approximate surface area is 208 Å². The molecule has 2 aliphatic rings. The fourth-order valence-corrected chi connectivity index (χ4v) is 6.17. The predicted molar refractivity (Wildman–Crippen MR) is 147 cm³/mol. The molecule has 0 atom stereocenters. The molecule has 3 aromatic carbocycles. The molecule has 0 N–H and O–H groups in total. The third-order valence-corrected chi connectivity index (χ3v) is 8.21. The highest BCUT2D eigenvalue weighted by Crippen LogP contribution is 2.54. The molecule has 5 rings (SSSR count). The molecule has 3 aromatic rings. The van der Waals surface area contributed by atoms with E-state index in [1.54, 1.807) is 0 Å². The lowest BCUT2D eigenvalue weighted by atomic mass is 9.70. The smallest absolute Gasteiger partial charge is 0.0457 e. The van der Waals surface area contributed by atoms with Crippen LogP contribution in [0.25, 0.3) is 11.1 Å². The molecule has 1 saturated carbocycles. The van der Waals surface area contributed by atoms with Gasteiger partial charge in [-0.15, -0.1) is 0 Å². The predicted octanol–water partition coefficient (Wildman–Crippen LogP) is 9.61. The summed E-state index contributed by atoms with van der Waals surface area (Å²) in [5.41, 5.74) is 9.13. The van der Waals surface area contributed by atoms with E-state index in [4.69, 9.17) is 0 Å². The van der Waals surface area contributed by atoms with Crippen LogP contribution < -0.4 is 4.90 Å². The van der Waals surface area contributed by atoms with E-state index in [0.717, 1.165) is 25.7 Å². The Balaban J connectivity index is 1.79. The molecule has 1 heteroatoms. The van der Waals surface area contributed by atoms with Gasteiger partial charge in [0.1, 0.15) is 0 Å². The fourth-order valence-electron chi connectivity index (χ4n) is 6.17. The topological polar surface area (TPSA) is 3.24 Å². The van der Waals surface area contributed by atoms with Gasteiger partial charge in [-0.2, -0.15) is 0 Å². The lowest BCUT2D eigenvalue weighted by Crippen LogP contribution is -2.38. The average molecular weight is 453 g/mol. The third kappa shape index (κ3) is 3.88. The van der Waals surface area contributed by atoms with Gasteiger partial charge in [-0.1, -0.05) is 76.2 Å². The summed E-state index contributed by atoms with van der Waals surface area (Å²) >= 11 is 0. The number of nitrogens with zero attached hydrogens (tertiary/aromatic N) is 1. The van der Waals surface area contributed by atoms with Gasteiger partial charge in [-0.05, 0) is 104 Å². The summed E-state index contributed by atoms with van der Waals surface area (Å²) in [5.74, 6) is -0.580. The molecule has 0 radical (unpaired) electrons. The van der Waals surface area contributed by atoms with Crippen LogP contribution in [-0.2, 0) is 5.41 Å². The van der Waals surface area contributed by atoms with Crippen molar-refractivity contribution in [3.63, 3.8) is 0 Å². The lowest BCUT2D eigenvalue weighted by molar-refractivity contribution is 0.224. The van der Waals surface area contributed by atoms with Crippen molar-refractivity contribution in [1.29, 1.82) is 0 Å². The second kappa shape index (κ2) is 8.01. The molecule has 1 nitrogen and oxygen atoms in total. The van der Waals surface area contributed by atoms with Crippen LogP contribution in [0, 0.1) is 5.41 Å². The summed E-state index contributed by atoms with van der Waals surface area (Å²) in [6.45, 7) is 16.3. The lowest BCUT2D eigenvalue weighted by Gasteiger charge is -2.42. The van der Waals surface area contributed by atoms with Crippen LogP contribution in [0.4, 0.5) is 11.4 Å². The highest BCUT2D eigenvalue weighted by Gasteiger charge is 2.39. The van der Waals surface area contributed by atoms with Gasteiger partial charge >= 0.3 is 0 Å². The van der Waals surface area contributed by atoms with Crippen LogP contribution in [0.3, 0.4) is 0 Å². The van der Waals surface area contributed by atoms with Gasteiger partial charge in [-0.3, -0.25) is 0 Å². The first-order valence-corrected chi connectivity index (χ1v) is 13.0. The molecule has 2 aliphatic carbocycles. The second-order valence-corrected chi connectivity index (χ2v) is 12.7. The van der Waals surface area contributed by atoms with E-state index >= 15 is 0 Å². The summed E-state index contributed by atoms with van der Waals surface area (Å²) in [4.78, 5) is 2.48. The maximum atomic E-state index is 9.87. The molecule has 1 fully saturated rings. The van der Waals surface area contributed by atoms with Crippen molar-refractivity contribution in [2.45, 2.75) is 91.0 Å². The maximum Gasteiger partial charge on any atom is 0.0457 e. The summed E-state index contributed by atoms with van der Waals surface area (Å²) < 4.78 is 9.87. The fraction of sp³-hybridized carbons (Fsp3) is 0.455. The minimum absolute atomic E-state index is 0.0667. The highest BCUT2D eigenvalue weighted by atomic mass is 15.2. The molecular formula is C33H41N. The first-order valence-electron chi connectivity index (χ1n) is 13.5. The molecule has 0 aliphatic heterocycles. The van der Waals surface area contributed by atoms with Crippen LogP contribution in [-0.4, -0.2) is 5.54 Å². The van der Waals surface area contributed by atoms with Crippen LogP contribution in [0.1, 0.15) is 98.1 Å². The summed E-state index contributed by atoms with van der Waals surface area (Å²) in [5, 5.41) is 0. The van der Waals surface area contributed by atoms with E-state index in [9.17, 15) is 1.37 Å². The molecule has 34 heavy (non-hydrogen) atoms. The van der Waals surface area contributed by atoms with Crippen LogP contribution >= 0.6 is 0 Å². The molecule has 0 unspecified atom stereocenters. The number of hydrogen-bond donors (Lipinski definition) is 0. The second-order valence-electron chi connectivity index (χ2n) is 12.7. The quantitative estimate of drug-likeness (QED) is 0.382. The van der Waals surface area contributed by atoms with Gasteiger partial charge < -0.3 is 4.90 Å². The van der Waals surface area contributed by atoms with E-state index in [1.807, 2.05) is 0 Å². The molecule has 0 saturated heterocycles. The third-order valence-electron chi connectivity index (χ3n) is 8.21. The van der Waals surface area contributed by atoms with Crippen molar-refractivity contribution in [2.75, 3.05) is 4.90 Å². The first kappa shape index (κ1) is 22.0. The summed E-state index contributed by atoms with van der Waals surface area (Å²) in [7, 11) is 0. The number of hydrogen-bond acceptors (Lipinski definition) is 1. The molecule has 0 bridgehead atoms. The van der Waals surface area contributed by atoms with Crippen LogP contribution in [0.2, 0.25) is 0 Å². The number of anilines is 2. The number of fused-ring (bicyclic) bond motifs is 3. The van der Waals surface area contributed by atoms with E-state index in [-0.39, 0.29) is 11.0 Å². The van der Waals surface area contributed by atoms with Crippen molar-refractivity contribution in [1.82, 2.24) is 0 Å². The van der Waals surface area contributed by atoms with E-state index in [1.165, 1.54) is 39.2 Å². The van der Waals surface area contributed by atoms with Crippen molar-refractivity contribution in [3.05, 3.63) is 83.4 Å². The minimum Gasteiger partial charge on any atom is -0.336 e. The molecule has 0 heterocycles. The zero-order valence-corrected chi connectivity index (χ0v) is 22.1. The molecule has 0 amide bonds. The van der Waals surface area contributed by atoms with Crippen molar-refractivity contribution >= 4 is 11.4 Å². The van der Waals surface area contributed by atoms with E-state index in [2.05, 4.69) is 120 Å². The Morgan fingerprint density at radius 2 is 1.41 bits per heavy atom. The van der Waals surface area contributed by atoms with E-state index in [0.29, 0.717) is 5.41 Å². The molecule has 0 spiro atoms. The van der Waals surface area contributed by atoms with Crippen molar-refractivity contribution in [2.24, 2.45) is 5.41 Å². The summed E-state index contributed by atoms with van der Waals surface area (Å²) in [6.07, 6.45) is 4.01. The highest BCUT2D eigenvalue weighted by molar-refractivity contribution is 5.86. The zero-order chi connectivity index (χ0) is 25.2. The number of para-hydroxylation sites is 1. The van der Waals surface area contributed by atoms with Gasteiger partial charge in [0.05, 0.1) is 0 Å². The van der Waals surface area contributed by atoms with Gasteiger partial charge in [-0.25, -0.2) is 0 Å². The normalized spacial score (nSPS) is 20.3. The van der Waals surface area contributed by atoms with Gasteiger partial charge in [0.25, 0.3) is 0 Å². The first-order chi connectivity index (χ1) is 16.3. The van der Waals surface area contributed by atoms with E-state index < -0.39 is 5.89 Å². The Morgan fingerprint density at radius 1 is 0.794 bits per heavy atom. The minimum atomic E-state index is -0.580. The largest absolute Gasteiger partial charge is 0.336 e. The van der Waals surface area contributed by atoms with Crippen LogP contribution in [0.15, 0.2) is 66.7 Å². The molecular weight excluding hydrogens is 410 g/mol. The SMILES string of the molecule is [2H]C1(c2cc3c(cc2N(c2ccccc2)C(C)(C)C)-c2ccccc2C3(C)C)CCC(C)(C)CC1. The van der Waals surface area contributed by atoms with Gasteiger partial charge in [0.2, 0.25) is 0 Å². The molecule has 0 aromatic heterocycles. The number of benzene rings is 3. The Bertz CT molecular complexity index is 1240. The average Bonchev–Trinajstić information content (AvgIpc) is 3.02.